The lowest BCUT2D eigenvalue weighted by atomic mass is 9.64. The number of carbonyl (C=O) groups is 2. The van der Waals surface area contributed by atoms with Gasteiger partial charge in [0.2, 0.25) is 5.91 Å². The zero-order valence-electron chi connectivity index (χ0n) is 16.4. The Labute approximate surface area is 137 Å². The molecule has 0 rings (SSSR count). The largest absolute Gasteiger partial charge is 0.356 e. The van der Waals surface area contributed by atoms with E-state index in [9.17, 15) is 9.59 Å². The number of ketones is 1. The van der Waals surface area contributed by atoms with Crippen molar-refractivity contribution in [3.63, 3.8) is 0 Å². The smallest absolute Gasteiger partial charge is 0.220 e. The number of amides is 1. The fraction of sp³-hybridized carbons (Fsp3) is 0.895. The fourth-order valence-electron chi connectivity index (χ4n) is 3.00. The zero-order valence-corrected chi connectivity index (χ0v) is 16.4. The average molecular weight is 312 g/mol. The number of hydrogen-bond acceptors (Lipinski definition) is 2. The van der Waals surface area contributed by atoms with Crippen LogP contribution in [-0.4, -0.2) is 18.2 Å². The lowest BCUT2D eigenvalue weighted by Crippen LogP contribution is -2.43. The Hall–Kier alpha value is -0.860. The lowest BCUT2D eigenvalue weighted by Gasteiger charge is -2.39. The highest BCUT2D eigenvalue weighted by Crippen LogP contribution is 2.42. The molecule has 0 aromatic heterocycles. The van der Waals surface area contributed by atoms with Crippen molar-refractivity contribution in [1.29, 1.82) is 0 Å². The van der Waals surface area contributed by atoms with E-state index < -0.39 is 5.41 Å². The molecule has 1 amide bonds. The van der Waals surface area contributed by atoms with Gasteiger partial charge in [-0.3, -0.25) is 9.59 Å². The summed E-state index contributed by atoms with van der Waals surface area (Å²) >= 11 is 0. The van der Waals surface area contributed by atoms with Crippen LogP contribution in [0.2, 0.25) is 0 Å². The predicted molar refractivity (Wildman–Crippen MR) is 93.7 cm³/mol. The normalized spacial score (nSPS) is 13.9. The molecule has 0 aliphatic carbocycles. The summed E-state index contributed by atoms with van der Waals surface area (Å²) in [7, 11) is 0. The van der Waals surface area contributed by atoms with Gasteiger partial charge in [0.15, 0.2) is 0 Å². The number of nitrogens with one attached hydrogen (secondary N) is 1. The molecule has 0 unspecified atom stereocenters. The van der Waals surface area contributed by atoms with Crippen molar-refractivity contribution in [2.75, 3.05) is 6.54 Å². The third kappa shape index (κ3) is 6.50. The molecular weight excluding hydrogens is 274 g/mol. The second-order valence-electron chi connectivity index (χ2n) is 9.92. The van der Waals surface area contributed by atoms with Crippen LogP contribution in [0.5, 0.6) is 0 Å². The van der Waals surface area contributed by atoms with Gasteiger partial charge in [0.1, 0.15) is 5.78 Å². The Kier molecular flexibility index (Phi) is 6.46. The summed E-state index contributed by atoms with van der Waals surface area (Å²) in [4.78, 5) is 24.2. The van der Waals surface area contributed by atoms with E-state index in [1.165, 1.54) is 0 Å². The summed E-state index contributed by atoms with van der Waals surface area (Å²) < 4.78 is 0. The minimum atomic E-state index is -0.509. The van der Waals surface area contributed by atoms with Crippen molar-refractivity contribution >= 4 is 11.7 Å². The molecule has 0 aliphatic rings. The van der Waals surface area contributed by atoms with Gasteiger partial charge in [-0.2, -0.15) is 0 Å². The van der Waals surface area contributed by atoms with E-state index in [4.69, 9.17) is 0 Å². The molecule has 3 heteroatoms. The van der Waals surface area contributed by atoms with Crippen LogP contribution in [-0.2, 0) is 9.59 Å². The van der Waals surface area contributed by atoms with E-state index in [0.29, 0.717) is 13.0 Å². The maximum Gasteiger partial charge on any atom is 0.220 e. The molecule has 3 nitrogen and oxygen atoms in total. The maximum atomic E-state index is 12.3. The molecule has 0 spiro atoms. The monoisotopic (exact) mass is 311 g/mol. The molecule has 0 saturated heterocycles. The highest BCUT2D eigenvalue weighted by Gasteiger charge is 2.42. The second-order valence-corrected chi connectivity index (χ2v) is 9.92. The van der Waals surface area contributed by atoms with Crippen LogP contribution in [0.1, 0.15) is 82.1 Å². The topological polar surface area (TPSA) is 46.2 Å². The Morgan fingerprint density at radius 3 is 1.68 bits per heavy atom. The van der Waals surface area contributed by atoms with Crippen LogP contribution >= 0.6 is 0 Å². The molecule has 0 aliphatic heterocycles. The fourth-order valence-corrected chi connectivity index (χ4v) is 3.00. The third-order valence-corrected chi connectivity index (χ3v) is 4.95. The van der Waals surface area contributed by atoms with Crippen LogP contribution in [0.25, 0.3) is 0 Å². The van der Waals surface area contributed by atoms with E-state index in [1.807, 2.05) is 27.7 Å². The van der Waals surface area contributed by atoms with Gasteiger partial charge in [-0.1, -0.05) is 62.3 Å². The molecule has 0 atom stereocenters. The minimum Gasteiger partial charge on any atom is -0.356 e. The zero-order chi connectivity index (χ0) is 18.0. The Bertz CT molecular complexity index is 412. The second kappa shape index (κ2) is 6.72. The summed E-state index contributed by atoms with van der Waals surface area (Å²) in [6.07, 6.45) is 1.41. The summed E-state index contributed by atoms with van der Waals surface area (Å²) in [6.45, 7) is 21.1. The van der Waals surface area contributed by atoms with Gasteiger partial charge in [-0.25, -0.2) is 0 Å². The van der Waals surface area contributed by atoms with Gasteiger partial charge in [0, 0.05) is 18.4 Å². The van der Waals surface area contributed by atoms with Gasteiger partial charge < -0.3 is 5.32 Å². The maximum absolute atomic E-state index is 12.3. The highest BCUT2D eigenvalue weighted by atomic mass is 16.1. The van der Waals surface area contributed by atoms with Crippen molar-refractivity contribution in [1.82, 2.24) is 5.32 Å². The van der Waals surface area contributed by atoms with Crippen LogP contribution < -0.4 is 5.32 Å². The van der Waals surface area contributed by atoms with Gasteiger partial charge in [0.25, 0.3) is 0 Å². The van der Waals surface area contributed by atoms with Crippen molar-refractivity contribution in [3.05, 3.63) is 0 Å². The van der Waals surface area contributed by atoms with Crippen molar-refractivity contribution in [2.24, 2.45) is 21.7 Å². The molecule has 130 valence electrons. The number of rotatable bonds is 7. The molecule has 0 fully saturated rings. The summed E-state index contributed by atoms with van der Waals surface area (Å²) in [5, 5.41) is 3.06. The van der Waals surface area contributed by atoms with Crippen molar-refractivity contribution < 1.29 is 9.59 Å². The van der Waals surface area contributed by atoms with Crippen molar-refractivity contribution in [2.45, 2.75) is 82.1 Å². The first-order chi connectivity index (χ1) is 9.50. The molecule has 22 heavy (non-hydrogen) atoms. The highest BCUT2D eigenvalue weighted by molar-refractivity contribution is 5.84. The Balaban J connectivity index is 4.68. The van der Waals surface area contributed by atoms with Crippen LogP contribution in [0.15, 0.2) is 0 Å². The molecule has 1 N–H and O–H groups in total. The average Bonchev–Trinajstić information content (AvgIpc) is 2.22. The van der Waals surface area contributed by atoms with E-state index in [0.717, 1.165) is 6.42 Å². The molecule has 0 saturated carbocycles. The minimum absolute atomic E-state index is 0.0290. The summed E-state index contributed by atoms with van der Waals surface area (Å²) in [5.74, 6) is 0.152. The molecule has 0 aromatic carbocycles. The van der Waals surface area contributed by atoms with Crippen molar-refractivity contribution in [3.8, 4) is 0 Å². The predicted octanol–water partition coefficient (Wildman–Crippen LogP) is 4.60. The standard InChI is InChI=1S/C19H37NO2/c1-14(21)19(9,10)18(7,8)11-15(22)20-13-17(5,6)12-16(2,3)4/h11-13H2,1-10H3,(H,20,22). The first-order valence-corrected chi connectivity index (χ1v) is 8.28. The number of Topliss-reactive ketones (excluding diaryl/α,β-unsaturated/α-hetero) is 1. The Morgan fingerprint density at radius 1 is 0.864 bits per heavy atom. The Morgan fingerprint density at radius 2 is 1.32 bits per heavy atom. The number of hydrogen-bond donors (Lipinski definition) is 1. The SMILES string of the molecule is CC(=O)C(C)(C)C(C)(C)CC(=O)NCC(C)(C)CC(C)(C)C. The van der Waals surface area contributed by atoms with Gasteiger partial charge in [-0.05, 0) is 29.6 Å². The van der Waals surface area contributed by atoms with Crippen LogP contribution in [0.4, 0.5) is 0 Å². The van der Waals surface area contributed by atoms with Gasteiger partial charge in [-0.15, -0.1) is 0 Å². The number of carbonyl (C=O) groups excluding carboxylic acids is 2. The van der Waals surface area contributed by atoms with Gasteiger partial charge >= 0.3 is 0 Å². The van der Waals surface area contributed by atoms with E-state index >= 15 is 0 Å². The molecule has 0 aromatic rings. The summed E-state index contributed by atoms with van der Waals surface area (Å²) in [6, 6.07) is 0. The molecule has 0 heterocycles. The van der Waals surface area contributed by atoms with Crippen LogP contribution in [0.3, 0.4) is 0 Å². The quantitative estimate of drug-likeness (QED) is 0.747. The van der Waals surface area contributed by atoms with Gasteiger partial charge in [0.05, 0.1) is 0 Å². The van der Waals surface area contributed by atoms with E-state index in [2.05, 4.69) is 39.9 Å². The van der Waals surface area contributed by atoms with Crippen LogP contribution in [0, 0.1) is 21.7 Å². The first kappa shape index (κ1) is 21.1. The first-order valence-electron chi connectivity index (χ1n) is 8.28. The molecule has 0 bridgehead atoms. The molecule has 0 radical (unpaired) electrons. The van der Waals surface area contributed by atoms with E-state index in [-0.39, 0.29) is 27.9 Å². The summed E-state index contributed by atoms with van der Waals surface area (Å²) in [5.41, 5.74) is -0.569. The van der Waals surface area contributed by atoms with E-state index in [1.54, 1.807) is 6.92 Å². The lowest BCUT2D eigenvalue weighted by molar-refractivity contribution is -0.134. The molecular formula is C19H37NO2. The third-order valence-electron chi connectivity index (χ3n) is 4.95.